The monoisotopic (exact) mass is 210 g/mol. The van der Waals surface area contributed by atoms with Crippen molar-refractivity contribution in [3.63, 3.8) is 0 Å². The topological polar surface area (TPSA) is 0 Å². The molecule has 0 aromatic heterocycles. The Labute approximate surface area is 88.9 Å². The summed E-state index contributed by atoms with van der Waals surface area (Å²) in [5.74, 6) is 0. The van der Waals surface area contributed by atoms with Crippen LogP contribution in [0.15, 0.2) is 24.3 Å². The SMILES string of the molecule is Cc1ccc(C)cc1.[CH3-].[Y]. The van der Waals surface area contributed by atoms with Crippen LogP contribution in [0.4, 0.5) is 0 Å². The van der Waals surface area contributed by atoms with Gasteiger partial charge in [-0.3, -0.25) is 0 Å². The van der Waals surface area contributed by atoms with E-state index in [2.05, 4.69) is 38.1 Å². The summed E-state index contributed by atoms with van der Waals surface area (Å²) in [5, 5.41) is 0. The van der Waals surface area contributed by atoms with E-state index >= 15 is 0 Å². The Morgan fingerprint density at radius 3 is 1.20 bits per heavy atom. The van der Waals surface area contributed by atoms with Gasteiger partial charge in [0.15, 0.2) is 0 Å². The van der Waals surface area contributed by atoms with Crippen molar-refractivity contribution >= 4 is 0 Å². The minimum atomic E-state index is 0. The van der Waals surface area contributed by atoms with Gasteiger partial charge in [-0.05, 0) is 13.8 Å². The zero-order valence-electron chi connectivity index (χ0n) is 6.89. The molecular formula is C9H13Y-. The summed E-state index contributed by atoms with van der Waals surface area (Å²) in [5.41, 5.74) is 2.66. The Morgan fingerprint density at radius 2 is 1.00 bits per heavy atom. The molecule has 0 bridgehead atoms. The van der Waals surface area contributed by atoms with E-state index in [9.17, 15) is 0 Å². The third-order valence-electron chi connectivity index (χ3n) is 1.22. The molecule has 0 saturated heterocycles. The van der Waals surface area contributed by atoms with E-state index in [-0.39, 0.29) is 40.1 Å². The van der Waals surface area contributed by atoms with Crippen LogP contribution < -0.4 is 0 Å². The summed E-state index contributed by atoms with van der Waals surface area (Å²) in [6.45, 7) is 4.19. The number of rotatable bonds is 0. The molecule has 0 N–H and O–H groups in total. The predicted octanol–water partition coefficient (Wildman–Crippen LogP) is 2.75. The van der Waals surface area contributed by atoms with Crippen LogP contribution in [-0.2, 0) is 32.7 Å². The summed E-state index contributed by atoms with van der Waals surface area (Å²) >= 11 is 0. The van der Waals surface area contributed by atoms with Crippen LogP contribution in [0.1, 0.15) is 11.1 Å². The molecule has 0 aliphatic heterocycles. The van der Waals surface area contributed by atoms with E-state index in [1.54, 1.807) is 0 Å². The first-order valence-corrected chi connectivity index (χ1v) is 2.82. The zero-order chi connectivity index (χ0) is 5.98. The minimum absolute atomic E-state index is 0. The first-order chi connectivity index (χ1) is 3.79. The predicted molar refractivity (Wildman–Crippen MR) is 42.3 cm³/mol. The fraction of sp³-hybridized carbons (Fsp3) is 0.222. The molecule has 0 heterocycles. The van der Waals surface area contributed by atoms with Gasteiger partial charge < -0.3 is 7.43 Å². The Morgan fingerprint density at radius 1 is 0.800 bits per heavy atom. The van der Waals surface area contributed by atoms with Crippen LogP contribution in [0.25, 0.3) is 0 Å². The van der Waals surface area contributed by atoms with Crippen LogP contribution in [-0.4, -0.2) is 0 Å². The van der Waals surface area contributed by atoms with Gasteiger partial charge in [0.25, 0.3) is 0 Å². The molecule has 1 aromatic carbocycles. The summed E-state index contributed by atoms with van der Waals surface area (Å²) in [4.78, 5) is 0. The van der Waals surface area contributed by atoms with Crippen molar-refractivity contribution in [2.75, 3.05) is 0 Å². The van der Waals surface area contributed by atoms with Crippen molar-refractivity contribution < 1.29 is 32.7 Å². The van der Waals surface area contributed by atoms with Crippen LogP contribution in [0.3, 0.4) is 0 Å². The van der Waals surface area contributed by atoms with Crippen molar-refractivity contribution in [3.8, 4) is 0 Å². The summed E-state index contributed by atoms with van der Waals surface area (Å²) in [6, 6.07) is 8.48. The largest absolute Gasteiger partial charge is 0.358 e. The molecule has 0 nitrogen and oxygen atoms in total. The number of hydrogen-bond acceptors (Lipinski definition) is 0. The number of hydrogen-bond donors (Lipinski definition) is 0. The van der Waals surface area contributed by atoms with E-state index in [0.29, 0.717) is 0 Å². The van der Waals surface area contributed by atoms with Gasteiger partial charge in [-0.25, -0.2) is 0 Å². The van der Waals surface area contributed by atoms with E-state index in [1.807, 2.05) is 0 Å². The molecule has 0 spiro atoms. The Kier molecular flexibility index (Phi) is 7.85. The maximum atomic E-state index is 2.12. The standard InChI is InChI=1S/C8H10.CH3.Y/c1-7-3-5-8(2)6-4-7;;/h3-6H,1-2H3;1H3;/q;-1;. The van der Waals surface area contributed by atoms with Gasteiger partial charge in [-0.1, -0.05) is 35.4 Å². The molecule has 1 heteroatoms. The van der Waals surface area contributed by atoms with Gasteiger partial charge in [0.1, 0.15) is 0 Å². The maximum Gasteiger partial charge on any atom is 0 e. The molecule has 1 radical (unpaired) electrons. The Hall–Kier alpha value is 0.324. The van der Waals surface area contributed by atoms with Crippen molar-refractivity contribution in [1.29, 1.82) is 0 Å². The zero-order valence-corrected chi connectivity index (χ0v) is 9.73. The Bertz CT molecular complexity index is 144. The molecule has 0 fully saturated rings. The first-order valence-electron chi connectivity index (χ1n) is 2.82. The summed E-state index contributed by atoms with van der Waals surface area (Å²) < 4.78 is 0. The average Bonchev–Trinajstić information content (AvgIpc) is 1.77. The van der Waals surface area contributed by atoms with E-state index in [1.165, 1.54) is 11.1 Å². The molecular weight excluding hydrogens is 197 g/mol. The molecule has 0 unspecified atom stereocenters. The first kappa shape index (κ1) is 13.0. The second kappa shape index (κ2) is 6.06. The fourth-order valence-corrected chi connectivity index (χ4v) is 0.637. The van der Waals surface area contributed by atoms with E-state index in [4.69, 9.17) is 0 Å². The fourth-order valence-electron chi connectivity index (χ4n) is 0.637. The number of benzene rings is 1. The summed E-state index contributed by atoms with van der Waals surface area (Å²) in [6.07, 6.45) is 0. The second-order valence-corrected chi connectivity index (χ2v) is 2.15. The summed E-state index contributed by atoms with van der Waals surface area (Å²) in [7, 11) is 0. The second-order valence-electron chi connectivity index (χ2n) is 2.15. The quantitative estimate of drug-likeness (QED) is 0.577. The van der Waals surface area contributed by atoms with Gasteiger partial charge in [0, 0.05) is 32.7 Å². The van der Waals surface area contributed by atoms with Crippen LogP contribution >= 0.6 is 0 Å². The Balaban J connectivity index is 0. The van der Waals surface area contributed by atoms with Crippen molar-refractivity contribution in [3.05, 3.63) is 42.8 Å². The van der Waals surface area contributed by atoms with Crippen LogP contribution in [0, 0.1) is 21.3 Å². The van der Waals surface area contributed by atoms with Gasteiger partial charge >= 0.3 is 0 Å². The van der Waals surface area contributed by atoms with Gasteiger partial charge in [-0.15, -0.1) is 0 Å². The molecule has 1 rings (SSSR count). The van der Waals surface area contributed by atoms with Crippen molar-refractivity contribution in [2.24, 2.45) is 0 Å². The number of aryl methyl sites for hydroxylation is 2. The maximum absolute atomic E-state index is 2.12. The van der Waals surface area contributed by atoms with E-state index < -0.39 is 0 Å². The molecule has 0 aliphatic carbocycles. The van der Waals surface area contributed by atoms with Crippen LogP contribution in [0.5, 0.6) is 0 Å². The van der Waals surface area contributed by atoms with Crippen molar-refractivity contribution in [1.82, 2.24) is 0 Å². The van der Waals surface area contributed by atoms with Gasteiger partial charge in [0.2, 0.25) is 0 Å². The van der Waals surface area contributed by atoms with E-state index in [0.717, 1.165) is 0 Å². The molecule has 10 heavy (non-hydrogen) atoms. The minimum Gasteiger partial charge on any atom is -0.358 e. The molecule has 0 aliphatic rings. The van der Waals surface area contributed by atoms with Gasteiger partial charge in [-0.2, -0.15) is 0 Å². The van der Waals surface area contributed by atoms with Crippen molar-refractivity contribution in [2.45, 2.75) is 13.8 Å². The molecule has 0 amide bonds. The van der Waals surface area contributed by atoms with Crippen LogP contribution in [0.2, 0.25) is 0 Å². The normalized spacial score (nSPS) is 7.40. The molecule has 53 valence electrons. The van der Waals surface area contributed by atoms with Gasteiger partial charge in [0.05, 0.1) is 0 Å². The molecule has 0 atom stereocenters. The third-order valence-corrected chi connectivity index (χ3v) is 1.22. The smallest absolute Gasteiger partial charge is 0 e. The third kappa shape index (κ3) is 4.19. The molecule has 1 aromatic rings. The molecule has 0 saturated carbocycles. The average molecular weight is 210 g/mol.